The Kier molecular flexibility index (Phi) is 6.66. The van der Waals surface area contributed by atoms with Gasteiger partial charge in [-0.15, -0.1) is 0 Å². The molecule has 0 aliphatic carbocycles. The van der Waals surface area contributed by atoms with Crippen molar-refractivity contribution < 1.29 is 14.3 Å². The van der Waals surface area contributed by atoms with Crippen molar-refractivity contribution >= 4 is 40.7 Å². The van der Waals surface area contributed by atoms with Crippen molar-refractivity contribution in [2.24, 2.45) is 0 Å². The van der Waals surface area contributed by atoms with Crippen LogP contribution in [0.15, 0.2) is 66.8 Å². The Morgan fingerprint density at radius 1 is 1.03 bits per heavy atom. The van der Waals surface area contributed by atoms with Crippen molar-refractivity contribution in [3.8, 4) is 11.4 Å². The van der Waals surface area contributed by atoms with E-state index in [0.29, 0.717) is 44.4 Å². The van der Waals surface area contributed by atoms with Gasteiger partial charge in [0.2, 0.25) is 0 Å². The maximum Gasteiger partial charge on any atom is 0.420 e. The van der Waals surface area contributed by atoms with E-state index in [1.807, 2.05) is 58.0 Å². The van der Waals surface area contributed by atoms with E-state index in [9.17, 15) is 4.79 Å². The number of methoxy groups -OCH3 is 1. The largest absolute Gasteiger partial charge is 0.494 e. The zero-order valence-electron chi connectivity index (χ0n) is 21.5. The number of halogens is 2. The average Bonchev–Trinajstić information content (AvgIpc) is 3.53. The predicted octanol–water partition coefficient (Wildman–Crippen LogP) is 6.55. The van der Waals surface area contributed by atoms with Crippen LogP contribution in [0.3, 0.4) is 0 Å². The summed E-state index contributed by atoms with van der Waals surface area (Å²) in [6, 6.07) is 14.2. The Morgan fingerprint density at radius 3 is 2.50 bits per heavy atom. The normalized spacial score (nSPS) is 15.4. The topological polar surface area (TPSA) is 87.3 Å². The fraction of sp³-hybridized carbons (Fsp3) is 0.259. The molecule has 5 rings (SSSR count). The fourth-order valence-electron chi connectivity index (χ4n) is 4.51. The first kappa shape index (κ1) is 25.8. The van der Waals surface area contributed by atoms with E-state index in [2.05, 4.69) is 15.2 Å². The monoisotopic (exact) mass is 552 g/mol. The number of amides is 1. The molecule has 1 atom stereocenters. The summed E-state index contributed by atoms with van der Waals surface area (Å²) in [5, 5.41) is 9.95. The molecule has 0 spiro atoms. The van der Waals surface area contributed by atoms with Crippen molar-refractivity contribution in [1.29, 1.82) is 0 Å². The van der Waals surface area contributed by atoms with Crippen LogP contribution in [0.2, 0.25) is 10.0 Å². The van der Waals surface area contributed by atoms with Crippen LogP contribution < -0.4 is 9.64 Å². The summed E-state index contributed by atoms with van der Waals surface area (Å²) in [7, 11) is 1.60. The third-order valence-electron chi connectivity index (χ3n) is 6.06. The Balaban J connectivity index is 1.78. The molecule has 0 saturated heterocycles. The van der Waals surface area contributed by atoms with Crippen LogP contribution in [0.4, 0.5) is 10.6 Å². The molecule has 9 nitrogen and oxygen atoms in total. The highest BCUT2D eigenvalue weighted by Crippen LogP contribution is 2.45. The highest BCUT2D eigenvalue weighted by atomic mass is 35.5. The molecule has 0 unspecified atom stereocenters. The van der Waals surface area contributed by atoms with E-state index in [0.717, 1.165) is 5.56 Å². The van der Waals surface area contributed by atoms with Crippen molar-refractivity contribution in [3.63, 3.8) is 0 Å². The molecule has 2 aromatic carbocycles. The smallest absolute Gasteiger partial charge is 0.420 e. The first-order valence-corrected chi connectivity index (χ1v) is 12.6. The molecule has 196 valence electrons. The number of rotatable bonds is 4. The van der Waals surface area contributed by atoms with Gasteiger partial charge in [0.05, 0.1) is 23.4 Å². The first-order valence-electron chi connectivity index (χ1n) is 11.9. The van der Waals surface area contributed by atoms with Crippen LogP contribution in [-0.4, -0.2) is 43.3 Å². The van der Waals surface area contributed by atoms with Crippen LogP contribution in [0, 0.1) is 0 Å². The maximum absolute atomic E-state index is 13.5. The highest BCUT2D eigenvalue weighted by molar-refractivity contribution is 6.42. The van der Waals surface area contributed by atoms with Crippen molar-refractivity contribution in [2.45, 2.75) is 39.3 Å². The van der Waals surface area contributed by atoms with E-state index < -0.39 is 17.7 Å². The molecule has 0 N–H and O–H groups in total. The average molecular weight is 553 g/mol. The van der Waals surface area contributed by atoms with Crippen LogP contribution in [-0.2, 0) is 4.74 Å². The second kappa shape index (κ2) is 9.81. The summed E-state index contributed by atoms with van der Waals surface area (Å²) in [5.41, 5.74) is 2.06. The Labute approximate surface area is 230 Å². The molecule has 38 heavy (non-hydrogen) atoms. The van der Waals surface area contributed by atoms with E-state index in [4.69, 9.17) is 32.7 Å². The number of para-hydroxylation sites is 2. The van der Waals surface area contributed by atoms with Gasteiger partial charge in [-0.3, -0.25) is 0 Å². The second-order valence-corrected chi connectivity index (χ2v) is 10.5. The zero-order chi connectivity index (χ0) is 27.2. The quantitative estimate of drug-likeness (QED) is 0.285. The molecule has 4 aromatic rings. The molecule has 0 radical (unpaired) electrons. The van der Waals surface area contributed by atoms with Crippen molar-refractivity contribution in [3.05, 3.63) is 88.2 Å². The number of allylic oxidation sites excluding steroid dienone is 2. The number of hydrogen-bond acceptors (Lipinski definition) is 6. The summed E-state index contributed by atoms with van der Waals surface area (Å²) in [6.07, 6.45) is 2.56. The second-order valence-electron chi connectivity index (χ2n) is 9.69. The van der Waals surface area contributed by atoms with E-state index in [1.54, 1.807) is 40.9 Å². The summed E-state index contributed by atoms with van der Waals surface area (Å²) >= 11 is 12.7. The lowest BCUT2D eigenvalue weighted by atomic mass is 9.94. The molecular formula is C27H26Cl2N6O3. The Bertz CT molecular complexity index is 1550. The standard InChI is InChI=1S/C27H26Cl2N6O3/c1-16-23(25-30-15-32-34(25)20-8-6-7-9-21(20)37-5)24(17-10-11-18(28)19(29)14-17)35-22(12-13-31-35)33(16)26(36)38-27(2,3)4/h6-15,24H,1-5H3/t24-/m1/s1. The van der Waals surface area contributed by atoms with Crippen molar-refractivity contribution in [2.75, 3.05) is 12.0 Å². The lowest BCUT2D eigenvalue weighted by Gasteiger charge is -2.36. The van der Waals surface area contributed by atoms with Gasteiger partial charge < -0.3 is 9.47 Å². The number of ether oxygens (including phenoxy) is 2. The molecule has 11 heteroatoms. The number of hydrogen-bond donors (Lipinski definition) is 0. The lowest BCUT2D eigenvalue weighted by Crippen LogP contribution is -2.41. The van der Waals surface area contributed by atoms with Gasteiger partial charge in [0.1, 0.15) is 35.2 Å². The molecule has 1 aliphatic rings. The number of nitrogens with zero attached hydrogens (tertiary/aromatic N) is 6. The minimum absolute atomic E-state index is 0.399. The van der Waals surface area contributed by atoms with Gasteiger partial charge in [-0.2, -0.15) is 10.2 Å². The molecule has 0 saturated carbocycles. The Hall–Kier alpha value is -3.82. The summed E-state index contributed by atoms with van der Waals surface area (Å²) < 4.78 is 14.8. The highest BCUT2D eigenvalue weighted by Gasteiger charge is 2.40. The molecule has 1 amide bonds. The Morgan fingerprint density at radius 2 is 1.79 bits per heavy atom. The fourth-order valence-corrected chi connectivity index (χ4v) is 4.82. The number of fused-ring (bicyclic) bond motifs is 1. The molecule has 0 bridgehead atoms. The van der Waals surface area contributed by atoms with Gasteiger partial charge in [0.25, 0.3) is 0 Å². The predicted molar refractivity (Wildman–Crippen MR) is 146 cm³/mol. The minimum Gasteiger partial charge on any atom is -0.494 e. The molecule has 3 heterocycles. The van der Waals surface area contributed by atoms with Crippen molar-refractivity contribution in [1.82, 2.24) is 24.5 Å². The third kappa shape index (κ3) is 4.52. The molecular weight excluding hydrogens is 527 g/mol. The lowest BCUT2D eigenvalue weighted by molar-refractivity contribution is 0.0588. The van der Waals surface area contributed by atoms with Gasteiger partial charge in [-0.05, 0) is 57.5 Å². The van der Waals surface area contributed by atoms with Gasteiger partial charge in [0, 0.05) is 17.3 Å². The van der Waals surface area contributed by atoms with Crippen LogP contribution in [0.1, 0.15) is 45.1 Å². The van der Waals surface area contributed by atoms with Crippen LogP contribution in [0.5, 0.6) is 5.75 Å². The third-order valence-corrected chi connectivity index (χ3v) is 6.80. The van der Waals surface area contributed by atoms with Gasteiger partial charge in [0.15, 0.2) is 5.82 Å². The summed E-state index contributed by atoms with van der Waals surface area (Å²) in [4.78, 5) is 19.7. The van der Waals surface area contributed by atoms with E-state index in [1.165, 1.54) is 11.2 Å². The zero-order valence-corrected chi connectivity index (χ0v) is 23.0. The first-order chi connectivity index (χ1) is 18.1. The number of anilines is 1. The van der Waals surface area contributed by atoms with Gasteiger partial charge in [-0.25, -0.2) is 24.0 Å². The van der Waals surface area contributed by atoms with Crippen LogP contribution in [0.25, 0.3) is 11.3 Å². The van der Waals surface area contributed by atoms with E-state index in [-0.39, 0.29) is 0 Å². The molecule has 0 fully saturated rings. The number of carbonyl (C=O) groups is 1. The van der Waals surface area contributed by atoms with Gasteiger partial charge >= 0.3 is 6.09 Å². The molecule has 1 aliphatic heterocycles. The SMILES string of the molecule is COc1ccccc1-n1ncnc1C1=C(C)N(C(=O)OC(C)(C)C)c2ccnn2[C@@H]1c1ccc(Cl)c(Cl)c1. The number of aromatic nitrogens is 5. The summed E-state index contributed by atoms with van der Waals surface area (Å²) in [5.74, 6) is 1.65. The molecule has 2 aromatic heterocycles. The maximum atomic E-state index is 13.5. The van der Waals surface area contributed by atoms with Crippen LogP contribution >= 0.6 is 23.2 Å². The number of benzene rings is 2. The minimum atomic E-state index is -0.708. The number of carbonyl (C=O) groups excluding carboxylic acids is 1. The van der Waals surface area contributed by atoms with Gasteiger partial charge in [-0.1, -0.05) is 41.4 Å². The van der Waals surface area contributed by atoms with E-state index >= 15 is 0 Å². The summed E-state index contributed by atoms with van der Waals surface area (Å²) in [6.45, 7) is 7.32.